The summed E-state index contributed by atoms with van der Waals surface area (Å²) in [5, 5.41) is 1.94. The summed E-state index contributed by atoms with van der Waals surface area (Å²) in [6.45, 7) is 7.78. The first-order valence-corrected chi connectivity index (χ1v) is 8.46. The Bertz CT molecular complexity index is 462. The lowest BCUT2D eigenvalue weighted by Gasteiger charge is -2.22. The molecule has 3 nitrogen and oxygen atoms in total. The highest BCUT2D eigenvalue weighted by Gasteiger charge is 2.13. The van der Waals surface area contributed by atoms with Gasteiger partial charge < -0.3 is 0 Å². The number of amides is 1. The number of hydrogen-bond donors (Lipinski definition) is 1. The molecule has 0 heterocycles. The Labute approximate surface area is 133 Å². The number of halogens is 1. The van der Waals surface area contributed by atoms with Crippen LogP contribution in [0.5, 0.6) is 0 Å². The molecule has 22 heavy (non-hydrogen) atoms. The number of nitrogens with one attached hydrogen (secondary N) is 1. The number of benzene rings is 1. The van der Waals surface area contributed by atoms with Crippen molar-refractivity contribution in [1.82, 2.24) is 10.4 Å². The number of carbonyl (C=O) groups is 1. The molecule has 0 spiro atoms. The number of aryl methyl sites for hydroxylation is 1. The molecular formula is C18H29FN2O. The molecule has 0 bridgehead atoms. The Morgan fingerprint density at radius 3 is 2.50 bits per heavy atom. The van der Waals surface area contributed by atoms with Gasteiger partial charge in [0.1, 0.15) is 5.82 Å². The Morgan fingerprint density at radius 1 is 1.14 bits per heavy atom. The van der Waals surface area contributed by atoms with Crippen LogP contribution in [0.4, 0.5) is 4.39 Å². The van der Waals surface area contributed by atoms with E-state index in [0.29, 0.717) is 12.0 Å². The van der Waals surface area contributed by atoms with Crippen molar-refractivity contribution >= 4 is 5.91 Å². The van der Waals surface area contributed by atoms with E-state index in [1.807, 2.05) is 18.9 Å². The lowest BCUT2D eigenvalue weighted by Crippen LogP contribution is -2.42. The zero-order valence-corrected chi connectivity index (χ0v) is 14.1. The van der Waals surface area contributed by atoms with Crippen LogP contribution in [0.15, 0.2) is 18.2 Å². The molecule has 1 aromatic carbocycles. The first-order valence-electron chi connectivity index (χ1n) is 8.46. The second-order valence-corrected chi connectivity index (χ2v) is 5.59. The van der Waals surface area contributed by atoms with Gasteiger partial charge in [0.15, 0.2) is 0 Å². The Kier molecular flexibility index (Phi) is 8.75. The van der Waals surface area contributed by atoms with E-state index in [-0.39, 0.29) is 11.7 Å². The van der Waals surface area contributed by atoms with Crippen LogP contribution in [0.25, 0.3) is 0 Å². The van der Waals surface area contributed by atoms with Gasteiger partial charge in [-0.1, -0.05) is 46.5 Å². The van der Waals surface area contributed by atoms with Gasteiger partial charge in [0.2, 0.25) is 0 Å². The molecule has 0 fully saturated rings. The third-order valence-corrected chi connectivity index (χ3v) is 3.87. The van der Waals surface area contributed by atoms with Crippen molar-refractivity contribution in [1.29, 1.82) is 0 Å². The molecule has 0 aliphatic rings. The molecule has 0 aliphatic heterocycles. The van der Waals surface area contributed by atoms with Crippen LogP contribution < -0.4 is 5.43 Å². The zero-order valence-electron chi connectivity index (χ0n) is 14.1. The van der Waals surface area contributed by atoms with Crippen molar-refractivity contribution in [2.24, 2.45) is 0 Å². The fourth-order valence-electron chi connectivity index (χ4n) is 2.48. The Balaban J connectivity index is 2.54. The highest BCUT2D eigenvalue weighted by molar-refractivity contribution is 5.95. The van der Waals surface area contributed by atoms with E-state index in [1.165, 1.54) is 37.8 Å². The highest BCUT2D eigenvalue weighted by atomic mass is 19.1. The first kappa shape index (κ1) is 18.6. The van der Waals surface area contributed by atoms with Crippen molar-refractivity contribution < 1.29 is 9.18 Å². The van der Waals surface area contributed by atoms with E-state index >= 15 is 0 Å². The van der Waals surface area contributed by atoms with Gasteiger partial charge in [-0.2, -0.15) is 0 Å². The quantitative estimate of drug-likeness (QED) is 0.515. The maximum Gasteiger partial charge on any atom is 0.265 e. The number of unbranched alkanes of at least 4 members (excludes halogenated alkanes) is 4. The van der Waals surface area contributed by atoms with Crippen molar-refractivity contribution in [3.8, 4) is 0 Å². The average Bonchev–Trinajstić information content (AvgIpc) is 2.53. The molecule has 1 amide bonds. The largest absolute Gasteiger partial charge is 0.285 e. The number of carbonyl (C=O) groups excluding carboxylic acids is 1. The number of hydrogen-bond acceptors (Lipinski definition) is 2. The van der Waals surface area contributed by atoms with Crippen molar-refractivity contribution in [2.45, 2.75) is 59.3 Å². The minimum Gasteiger partial charge on any atom is -0.285 e. The smallest absolute Gasteiger partial charge is 0.265 e. The van der Waals surface area contributed by atoms with Crippen molar-refractivity contribution in [2.75, 3.05) is 13.1 Å². The second-order valence-electron chi connectivity index (χ2n) is 5.59. The summed E-state index contributed by atoms with van der Waals surface area (Å²) in [7, 11) is 0. The van der Waals surface area contributed by atoms with Crippen molar-refractivity contribution in [3.05, 3.63) is 35.1 Å². The molecule has 0 saturated heterocycles. The van der Waals surface area contributed by atoms with Crippen LogP contribution >= 0.6 is 0 Å². The van der Waals surface area contributed by atoms with Crippen LogP contribution in [-0.4, -0.2) is 24.0 Å². The summed E-state index contributed by atoms with van der Waals surface area (Å²) in [5.41, 5.74) is 4.25. The van der Waals surface area contributed by atoms with Gasteiger partial charge in [0, 0.05) is 18.7 Å². The molecular weight excluding hydrogens is 279 g/mol. The van der Waals surface area contributed by atoms with Gasteiger partial charge in [0.05, 0.1) is 0 Å². The minimum atomic E-state index is -0.295. The molecule has 1 rings (SSSR count). The van der Waals surface area contributed by atoms with Crippen LogP contribution in [-0.2, 0) is 6.42 Å². The van der Waals surface area contributed by atoms with Gasteiger partial charge >= 0.3 is 0 Å². The minimum absolute atomic E-state index is 0.146. The maximum atomic E-state index is 13.3. The standard InChI is InChI=1S/C18H29FN2O/c1-4-7-8-9-10-13-21(6-3)20-18(22)17-12-11-16(19)14-15(17)5-2/h11-12,14H,4-10,13H2,1-3H3,(H,20,22). The van der Waals surface area contributed by atoms with E-state index in [0.717, 1.165) is 25.1 Å². The van der Waals surface area contributed by atoms with E-state index in [1.54, 1.807) is 6.07 Å². The lowest BCUT2D eigenvalue weighted by atomic mass is 10.0. The first-order chi connectivity index (χ1) is 10.6. The van der Waals surface area contributed by atoms with Crippen LogP contribution in [0.2, 0.25) is 0 Å². The second kappa shape index (κ2) is 10.3. The average molecular weight is 308 g/mol. The summed E-state index contributed by atoms with van der Waals surface area (Å²) >= 11 is 0. The van der Waals surface area contributed by atoms with Gasteiger partial charge in [-0.05, 0) is 36.6 Å². The number of nitrogens with zero attached hydrogens (tertiary/aromatic N) is 1. The summed E-state index contributed by atoms with van der Waals surface area (Å²) < 4.78 is 13.3. The summed E-state index contributed by atoms with van der Waals surface area (Å²) in [6.07, 6.45) is 6.67. The van der Waals surface area contributed by atoms with E-state index in [4.69, 9.17) is 0 Å². The molecule has 0 atom stereocenters. The van der Waals surface area contributed by atoms with Crippen LogP contribution in [0.3, 0.4) is 0 Å². The molecule has 0 aromatic heterocycles. The molecule has 124 valence electrons. The monoisotopic (exact) mass is 308 g/mol. The fraction of sp³-hybridized carbons (Fsp3) is 0.611. The van der Waals surface area contributed by atoms with Gasteiger partial charge in [0.25, 0.3) is 5.91 Å². The Morgan fingerprint density at radius 2 is 1.86 bits per heavy atom. The third kappa shape index (κ3) is 6.14. The molecule has 0 unspecified atom stereocenters. The van der Waals surface area contributed by atoms with Gasteiger partial charge in [-0.15, -0.1) is 0 Å². The van der Waals surface area contributed by atoms with Gasteiger partial charge in [-0.3, -0.25) is 10.2 Å². The summed E-state index contributed by atoms with van der Waals surface area (Å²) in [5.74, 6) is -0.441. The molecule has 1 aromatic rings. The normalized spacial score (nSPS) is 11.0. The zero-order chi connectivity index (χ0) is 16.4. The van der Waals surface area contributed by atoms with Crippen LogP contribution in [0.1, 0.15) is 68.8 Å². The molecule has 0 radical (unpaired) electrons. The van der Waals surface area contributed by atoms with E-state index in [2.05, 4.69) is 12.3 Å². The lowest BCUT2D eigenvalue weighted by molar-refractivity contribution is 0.0792. The van der Waals surface area contributed by atoms with E-state index in [9.17, 15) is 9.18 Å². The summed E-state index contributed by atoms with van der Waals surface area (Å²) in [4.78, 5) is 12.4. The topological polar surface area (TPSA) is 32.3 Å². The number of hydrazine groups is 1. The highest BCUT2D eigenvalue weighted by Crippen LogP contribution is 2.12. The Hall–Kier alpha value is -1.42. The fourth-order valence-corrected chi connectivity index (χ4v) is 2.48. The molecule has 0 aliphatic carbocycles. The van der Waals surface area contributed by atoms with E-state index < -0.39 is 0 Å². The predicted molar refractivity (Wildman–Crippen MR) is 89.3 cm³/mol. The molecule has 4 heteroatoms. The summed E-state index contributed by atoms with van der Waals surface area (Å²) in [6, 6.07) is 4.35. The molecule has 1 N–H and O–H groups in total. The SMILES string of the molecule is CCCCCCCN(CC)NC(=O)c1ccc(F)cc1CC. The maximum absolute atomic E-state index is 13.3. The predicted octanol–water partition coefficient (Wildman–Crippen LogP) is 4.33. The third-order valence-electron chi connectivity index (χ3n) is 3.87. The number of rotatable bonds is 10. The van der Waals surface area contributed by atoms with Crippen molar-refractivity contribution in [3.63, 3.8) is 0 Å². The molecule has 0 saturated carbocycles. The van der Waals surface area contributed by atoms with Crippen LogP contribution in [0, 0.1) is 5.82 Å². The van der Waals surface area contributed by atoms with Gasteiger partial charge in [-0.25, -0.2) is 9.40 Å².